The molecule has 1 aliphatic carbocycles. The van der Waals surface area contributed by atoms with E-state index in [0.29, 0.717) is 50.9 Å². The van der Waals surface area contributed by atoms with Crippen LogP contribution in [0.1, 0.15) is 55.0 Å². The van der Waals surface area contributed by atoms with Crippen molar-refractivity contribution in [1.29, 1.82) is 0 Å². The lowest BCUT2D eigenvalue weighted by atomic mass is 9.64. The molecule has 1 spiro atoms. The highest BCUT2D eigenvalue weighted by Crippen LogP contribution is 2.62. The summed E-state index contributed by atoms with van der Waals surface area (Å²) in [5.74, 6) is -1.82. The molecular formula is C35H25ClFNO4. The molecule has 5 nitrogen and oxygen atoms in total. The zero-order valence-corrected chi connectivity index (χ0v) is 23.3. The van der Waals surface area contributed by atoms with Crippen LogP contribution >= 0.6 is 11.6 Å². The SMILES string of the molecule is CCOc1ccccc1[C@@H]1[C@@H](C(=O)c2ccc(Cl)cc2)N2c3ccc(F)cc3C=C[C@H]2C12C(=O)c1ccccc1C2=O. The van der Waals surface area contributed by atoms with Crippen molar-refractivity contribution in [3.63, 3.8) is 0 Å². The summed E-state index contributed by atoms with van der Waals surface area (Å²) in [7, 11) is 0. The lowest BCUT2D eigenvalue weighted by Crippen LogP contribution is -2.48. The highest BCUT2D eigenvalue weighted by molar-refractivity contribution is 6.32. The Bertz CT molecular complexity index is 1780. The fraction of sp³-hybridized carbons (Fsp3) is 0.171. The number of ether oxygens (including phenoxy) is 1. The number of benzene rings is 4. The third-order valence-electron chi connectivity index (χ3n) is 8.72. The molecule has 4 aromatic carbocycles. The summed E-state index contributed by atoms with van der Waals surface area (Å²) < 4.78 is 20.5. The van der Waals surface area contributed by atoms with Gasteiger partial charge in [0.15, 0.2) is 17.3 Å². The number of Topliss-reactive ketones (excluding diaryl/α,β-unsaturated/α-hetero) is 3. The van der Waals surface area contributed by atoms with Gasteiger partial charge in [-0.15, -0.1) is 0 Å². The highest BCUT2D eigenvalue weighted by Gasteiger charge is 2.71. The fourth-order valence-corrected chi connectivity index (χ4v) is 7.23. The van der Waals surface area contributed by atoms with Crippen LogP contribution in [-0.2, 0) is 0 Å². The lowest BCUT2D eigenvalue weighted by Gasteiger charge is -2.37. The number of ketones is 3. The third kappa shape index (κ3) is 3.58. The van der Waals surface area contributed by atoms with Crippen molar-refractivity contribution in [3.8, 4) is 5.75 Å². The smallest absolute Gasteiger partial charge is 0.185 e. The first kappa shape index (κ1) is 26.4. The second-order valence-electron chi connectivity index (χ2n) is 10.8. The number of fused-ring (bicyclic) bond motifs is 5. The van der Waals surface area contributed by atoms with Crippen LogP contribution in [0.4, 0.5) is 10.1 Å². The van der Waals surface area contributed by atoms with Crippen LogP contribution in [0.15, 0.2) is 97.1 Å². The van der Waals surface area contributed by atoms with Gasteiger partial charge < -0.3 is 9.64 Å². The molecule has 2 aliphatic heterocycles. The van der Waals surface area contributed by atoms with Gasteiger partial charge in [0, 0.05) is 44.4 Å². The van der Waals surface area contributed by atoms with Crippen molar-refractivity contribution in [2.75, 3.05) is 11.5 Å². The topological polar surface area (TPSA) is 63.7 Å². The number of para-hydroxylation sites is 1. The molecule has 1 fully saturated rings. The normalized spacial score (nSPS) is 21.3. The summed E-state index contributed by atoms with van der Waals surface area (Å²) >= 11 is 6.16. The molecule has 42 heavy (non-hydrogen) atoms. The number of nitrogens with zero attached hydrogens (tertiary/aromatic N) is 1. The Morgan fingerprint density at radius 2 is 1.60 bits per heavy atom. The largest absolute Gasteiger partial charge is 0.494 e. The maximum atomic E-state index is 14.7. The average Bonchev–Trinajstić information content (AvgIpc) is 3.43. The number of hydrogen-bond acceptors (Lipinski definition) is 5. The quantitative estimate of drug-likeness (QED) is 0.185. The maximum absolute atomic E-state index is 14.7. The second-order valence-corrected chi connectivity index (χ2v) is 11.2. The van der Waals surface area contributed by atoms with E-state index in [2.05, 4.69) is 0 Å². The second kappa shape index (κ2) is 9.78. The van der Waals surface area contributed by atoms with Gasteiger partial charge in [0.2, 0.25) is 0 Å². The van der Waals surface area contributed by atoms with E-state index in [0.717, 1.165) is 0 Å². The highest BCUT2D eigenvalue weighted by atomic mass is 35.5. The van der Waals surface area contributed by atoms with Crippen molar-refractivity contribution in [1.82, 2.24) is 0 Å². The van der Waals surface area contributed by atoms with Crippen LogP contribution in [0.5, 0.6) is 5.75 Å². The number of halogens is 2. The molecule has 3 atom stereocenters. The van der Waals surface area contributed by atoms with E-state index in [4.69, 9.17) is 16.3 Å². The van der Waals surface area contributed by atoms with Crippen molar-refractivity contribution < 1.29 is 23.5 Å². The molecule has 0 aromatic heterocycles. The summed E-state index contributed by atoms with van der Waals surface area (Å²) in [4.78, 5) is 46.1. The van der Waals surface area contributed by atoms with E-state index < -0.39 is 29.2 Å². The van der Waals surface area contributed by atoms with Gasteiger partial charge in [0.1, 0.15) is 23.0 Å². The molecule has 7 heteroatoms. The molecule has 1 saturated heterocycles. The van der Waals surface area contributed by atoms with E-state index in [-0.39, 0.29) is 17.3 Å². The minimum Gasteiger partial charge on any atom is -0.494 e. The number of carbonyl (C=O) groups is 3. The number of rotatable bonds is 5. The van der Waals surface area contributed by atoms with E-state index in [9.17, 15) is 18.8 Å². The van der Waals surface area contributed by atoms with E-state index in [1.165, 1.54) is 12.1 Å². The molecule has 4 aromatic rings. The van der Waals surface area contributed by atoms with Crippen LogP contribution < -0.4 is 9.64 Å². The van der Waals surface area contributed by atoms with Crippen molar-refractivity contribution in [2.45, 2.75) is 24.9 Å². The molecule has 0 N–H and O–H groups in total. The summed E-state index contributed by atoms with van der Waals surface area (Å²) in [6, 6.07) is 23.2. The van der Waals surface area contributed by atoms with Crippen LogP contribution in [0.25, 0.3) is 6.08 Å². The molecule has 0 radical (unpaired) electrons. The van der Waals surface area contributed by atoms with Crippen LogP contribution in [0.2, 0.25) is 5.02 Å². The summed E-state index contributed by atoms with van der Waals surface area (Å²) in [5.41, 5.74) is 1.10. The molecule has 3 aliphatic rings. The van der Waals surface area contributed by atoms with Gasteiger partial charge in [-0.2, -0.15) is 0 Å². The Balaban J connectivity index is 1.56. The zero-order chi connectivity index (χ0) is 29.2. The van der Waals surface area contributed by atoms with Crippen molar-refractivity contribution in [2.24, 2.45) is 5.41 Å². The zero-order valence-electron chi connectivity index (χ0n) is 22.6. The summed E-state index contributed by atoms with van der Waals surface area (Å²) in [6.07, 6.45) is 3.51. The molecule has 2 heterocycles. The van der Waals surface area contributed by atoms with Gasteiger partial charge in [-0.3, -0.25) is 14.4 Å². The Kier molecular flexibility index (Phi) is 6.13. The fourth-order valence-electron chi connectivity index (χ4n) is 7.10. The minimum absolute atomic E-state index is 0.285. The first-order valence-corrected chi connectivity index (χ1v) is 14.2. The summed E-state index contributed by atoms with van der Waals surface area (Å²) in [5, 5.41) is 0.476. The average molecular weight is 578 g/mol. The molecule has 0 saturated carbocycles. The molecule has 7 rings (SSSR count). The molecule has 208 valence electrons. The minimum atomic E-state index is -1.67. The molecule has 0 amide bonds. The van der Waals surface area contributed by atoms with Gasteiger partial charge in [-0.1, -0.05) is 66.2 Å². The summed E-state index contributed by atoms with van der Waals surface area (Å²) in [6.45, 7) is 2.21. The number of carbonyl (C=O) groups excluding carboxylic acids is 3. The van der Waals surface area contributed by atoms with Gasteiger partial charge in [0.25, 0.3) is 0 Å². The predicted octanol–water partition coefficient (Wildman–Crippen LogP) is 7.19. The first-order chi connectivity index (χ1) is 20.4. The lowest BCUT2D eigenvalue weighted by molar-refractivity contribution is 0.0664. The number of anilines is 1. The predicted molar refractivity (Wildman–Crippen MR) is 159 cm³/mol. The maximum Gasteiger partial charge on any atom is 0.185 e. The Morgan fingerprint density at radius 1 is 0.929 bits per heavy atom. The monoisotopic (exact) mass is 577 g/mol. The van der Waals surface area contributed by atoms with Crippen LogP contribution in [-0.4, -0.2) is 36.0 Å². The Hall–Kier alpha value is -4.55. The van der Waals surface area contributed by atoms with Crippen LogP contribution in [0, 0.1) is 11.2 Å². The van der Waals surface area contributed by atoms with Gasteiger partial charge in [0.05, 0.1) is 12.6 Å². The Labute approximate surface area is 247 Å². The van der Waals surface area contributed by atoms with Crippen molar-refractivity contribution >= 4 is 40.7 Å². The van der Waals surface area contributed by atoms with Crippen LogP contribution in [0.3, 0.4) is 0 Å². The molecule has 0 unspecified atom stereocenters. The van der Waals surface area contributed by atoms with E-state index >= 15 is 0 Å². The first-order valence-electron chi connectivity index (χ1n) is 13.8. The Morgan fingerprint density at radius 3 is 2.29 bits per heavy atom. The standard InChI is InChI=1S/C35H25ClFNO4/c1-2-42-28-10-6-5-9-26(28)30-31(32(39)20-11-14-22(36)15-12-20)38-27-17-16-23(37)19-21(27)13-18-29(38)35(30)33(40)24-7-3-4-8-25(24)34(35)41/h3-19,29-31H,2H2,1H3/t29-,30+,31-/m0/s1. The molecular weight excluding hydrogens is 553 g/mol. The van der Waals surface area contributed by atoms with E-state index in [1.54, 1.807) is 72.8 Å². The van der Waals surface area contributed by atoms with E-state index in [1.807, 2.05) is 30.0 Å². The van der Waals surface area contributed by atoms with Gasteiger partial charge in [-0.25, -0.2) is 4.39 Å². The van der Waals surface area contributed by atoms with Gasteiger partial charge in [-0.05, 0) is 55.5 Å². The van der Waals surface area contributed by atoms with Crippen molar-refractivity contribution in [3.05, 3.63) is 136 Å². The number of hydrogen-bond donors (Lipinski definition) is 0. The third-order valence-corrected chi connectivity index (χ3v) is 8.97. The van der Waals surface area contributed by atoms with Gasteiger partial charge >= 0.3 is 0 Å². The molecule has 0 bridgehead atoms.